The molecule has 3 N–H and O–H groups in total. The van der Waals surface area contributed by atoms with Crippen LogP contribution in [0.5, 0.6) is 0 Å². The zero-order chi connectivity index (χ0) is 13.8. The van der Waals surface area contributed by atoms with Gasteiger partial charge < -0.3 is 15.7 Å². The molecule has 1 fully saturated rings. The topological polar surface area (TPSA) is 78.4 Å². The zero-order valence-electron chi connectivity index (χ0n) is 10.8. The van der Waals surface area contributed by atoms with Crippen LogP contribution in [0.3, 0.4) is 0 Å². The Kier molecular flexibility index (Phi) is 4.04. The SMILES string of the molecule is C[C@H](NC(=O)NCc1ccc(C(=O)O)cc1)C1CC1. The molecule has 1 aromatic carbocycles. The summed E-state index contributed by atoms with van der Waals surface area (Å²) in [6, 6.07) is 6.51. The van der Waals surface area contributed by atoms with E-state index in [9.17, 15) is 9.59 Å². The van der Waals surface area contributed by atoms with Gasteiger partial charge in [-0.3, -0.25) is 0 Å². The van der Waals surface area contributed by atoms with Gasteiger partial charge >= 0.3 is 12.0 Å². The molecule has 1 atom stereocenters. The van der Waals surface area contributed by atoms with Gasteiger partial charge in [0.25, 0.3) is 0 Å². The average Bonchev–Trinajstić information content (AvgIpc) is 3.21. The van der Waals surface area contributed by atoms with Gasteiger partial charge in [0.15, 0.2) is 0 Å². The molecule has 0 radical (unpaired) electrons. The van der Waals surface area contributed by atoms with Gasteiger partial charge in [-0.25, -0.2) is 9.59 Å². The van der Waals surface area contributed by atoms with Crippen molar-refractivity contribution in [3.05, 3.63) is 35.4 Å². The van der Waals surface area contributed by atoms with Crippen LogP contribution < -0.4 is 10.6 Å². The van der Waals surface area contributed by atoms with E-state index in [0.717, 1.165) is 5.56 Å². The second-order valence-corrected chi connectivity index (χ2v) is 4.96. The van der Waals surface area contributed by atoms with Gasteiger partial charge in [0.1, 0.15) is 0 Å². The Morgan fingerprint density at radius 2 is 1.95 bits per heavy atom. The Balaban J connectivity index is 1.77. The maximum Gasteiger partial charge on any atom is 0.335 e. The highest BCUT2D eigenvalue weighted by atomic mass is 16.4. The summed E-state index contributed by atoms with van der Waals surface area (Å²) in [6.45, 7) is 2.40. The van der Waals surface area contributed by atoms with Crippen molar-refractivity contribution < 1.29 is 14.7 Å². The molecular weight excluding hydrogens is 244 g/mol. The quantitative estimate of drug-likeness (QED) is 0.759. The minimum Gasteiger partial charge on any atom is -0.478 e. The molecule has 0 aromatic heterocycles. The molecule has 1 saturated carbocycles. The van der Waals surface area contributed by atoms with Gasteiger partial charge in [-0.15, -0.1) is 0 Å². The molecule has 0 saturated heterocycles. The van der Waals surface area contributed by atoms with Gasteiger partial charge in [-0.1, -0.05) is 12.1 Å². The van der Waals surface area contributed by atoms with Gasteiger partial charge in [-0.05, 0) is 43.4 Å². The van der Waals surface area contributed by atoms with Crippen molar-refractivity contribution >= 4 is 12.0 Å². The summed E-state index contributed by atoms with van der Waals surface area (Å²) in [5.74, 6) is -0.323. The third-order valence-corrected chi connectivity index (χ3v) is 3.34. The normalized spacial score (nSPS) is 15.6. The number of hydrogen-bond donors (Lipinski definition) is 3. The Morgan fingerprint density at radius 1 is 1.32 bits per heavy atom. The first-order chi connectivity index (χ1) is 9.06. The van der Waals surface area contributed by atoms with Crippen molar-refractivity contribution in [2.45, 2.75) is 32.4 Å². The number of carbonyl (C=O) groups is 2. The van der Waals surface area contributed by atoms with E-state index in [4.69, 9.17) is 5.11 Å². The van der Waals surface area contributed by atoms with E-state index in [2.05, 4.69) is 10.6 Å². The molecule has 1 aliphatic rings. The standard InChI is InChI=1S/C14H18N2O3/c1-9(11-6-7-11)16-14(19)15-8-10-2-4-12(5-3-10)13(17)18/h2-5,9,11H,6-8H2,1H3,(H,17,18)(H2,15,16,19)/t9-/m0/s1. The smallest absolute Gasteiger partial charge is 0.335 e. The Labute approximate surface area is 112 Å². The number of amides is 2. The molecule has 0 heterocycles. The van der Waals surface area contributed by atoms with Gasteiger partial charge in [0, 0.05) is 12.6 Å². The maximum absolute atomic E-state index is 11.6. The summed E-state index contributed by atoms with van der Waals surface area (Å²) in [5.41, 5.74) is 1.12. The molecule has 19 heavy (non-hydrogen) atoms. The van der Waals surface area contributed by atoms with Gasteiger partial charge in [0.05, 0.1) is 5.56 Å². The molecule has 0 aliphatic heterocycles. The zero-order valence-corrected chi connectivity index (χ0v) is 10.8. The molecule has 1 aromatic rings. The molecule has 0 spiro atoms. The fourth-order valence-electron chi connectivity index (χ4n) is 1.92. The molecule has 1 aliphatic carbocycles. The lowest BCUT2D eigenvalue weighted by Crippen LogP contribution is -2.41. The second-order valence-electron chi connectivity index (χ2n) is 4.96. The van der Waals surface area contributed by atoms with E-state index in [0.29, 0.717) is 12.5 Å². The van der Waals surface area contributed by atoms with E-state index in [1.165, 1.54) is 25.0 Å². The van der Waals surface area contributed by atoms with E-state index in [-0.39, 0.29) is 17.6 Å². The predicted octanol–water partition coefficient (Wildman–Crippen LogP) is 1.98. The number of aromatic carboxylic acids is 1. The molecule has 2 amide bonds. The van der Waals surface area contributed by atoms with Crippen molar-refractivity contribution in [1.82, 2.24) is 10.6 Å². The first kappa shape index (κ1) is 13.4. The van der Waals surface area contributed by atoms with Crippen molar-refractivity contribution in [3.8, 4) is 0 Å². The third kappa shape index (κ3) is 3.98. The van der Waals surface area contributed by atoms with Crippen LogP contribution in [0.25, 0.3) is 0 Å². The molecule has 5 heteroatoms. The number of hydrogen-bond acceptors (Lipinski definition) is 2. The van der Waals surface area contributed by atoms with Crippen LogP contribution in [0.2, 0.25) is 0 Å². The summed E-state index contributed by atoms with van der Waals surface area (Å²) < 4.78 is 0. The number of rotatable bonds is 5. The molecule has 2 rings (SSSR count). The van der Waals surface area contributed by atoms with Crippen LogP contribution in [0.1, 0.15) is 35.7 Å². The van der Waals surface area contributed by atoms with E-state index >= 15 is 0 Å². The van der Waals surface area contributed by atoms with E-state index in [1.54, 1.807) is 12.1 Å². The second kappa shape index (κ2) is 5.73. The molecule has 0 bridgehead atoms. The fourth-order valence-corrected chi connectivity index (χ4v) is 1.92. The molecule has 0 unspecified atom stereocenters. The number of carbonyl (C=O) groups excluding carboxylic acids is 1. The van der Waals surface area contributed by atoms with Crippen LogP contribution in [0.15, 0.2) is 24.3 Å². The number of nitrogens with one attached hydrogen (secondary N) is 2. The van der Waals surface area contributed by atoms with Crippen LogP contribution >= 0.6 is 0 Å². The maximum atomic E-state index is 11.6. The Morgan fingerprint density at radius 3 is 2.47 bits per heavy atom. The minimum absolute atomic E-state index is 0.179. The van der Waals surface area contributed by atoms with Crippen LogP contribution in [0, 0.1) is 5.92 Å². The number of carboxylic acid groups (broad SMARTS) is 1. The van der Waals surface area contributed by atoms with Crippen LogP contribution in [0.4, 0.5) is 4.79 Å². The highest BCUT2D eigenvalue weighted by Gasteiger charge is 2.28. The first-order valence-corrected chi connectivity index (χ1v) is 6.43. The average molecular weight is 262 g/mol. The summed E-state index contributed by atoms with van der Waals surface area (Å²) in [4.78, 5) is 22.3. The van der Waals surface area contributed by atoms with Gasteiger partial charge in [0.2, 0.25) is 0 Å². The largest absolute Gasteiger partial charge is 0.478 e. The third-order valence-electron chi connectivity index (χ3n) is 3.34. The van der Waals surface area contributed by atoms with Crippen LogP contribution in [-0.2, 0) is 6.54 Å². The van der Waals surface area contributed by atoms with Gasteiger partial charge in [-0.2, -0.15) is 0 Å². The lowest BCUT2D eigenvalue weighted by atomic mass is 10.1. The number of urea groups is 1. The number of carboxylic acids is 1. The Bertz CT molecular complexity index is 466. The summed E-state index contributed by atoms with van der Waals surface area (Å²) >= 11 is 0. The monoisotopic (exact) mass is 262 g/mol. The van der Waals surface area contributed by atoms with Crippen molar-refractivity contribution in [2.75, 3.05) is 0 Å². The van der Waals surface area contributed by atoms with E-state index in [1.807, 2.05) is 6.92 Å². The summed E-state index contributed by atoms with van der Waals surface area (Å²) in [5, 5.41) is 14.4. The van der Waals surface area contributed by atoms with E-state index < -0.39 is 5.97 Å². The highest BCUT2D eigenvalue weighted by molar-refractivity contribution is 5.87. The predicted molar refractivity (Wildman–Crippen MR) is 71.0 cm³/mol. The lowest BCUT2D eigenvalue weighted by Gasteiger charge is -2.13. The number of benzene rings is 1. The summed E-state index contributed by atoms with van der Waals surface area (Å²) in [7, 11) is 0. The van der Waals surface area contributed by atoms with Crippen LogP contribution in [-0.4, -0.2) is 23.1 Å². The highest BCUT2D eigenvalue weighted by Crippen LogP contribution is 2.32. The van der Waals surface area contributed by atoms with Crippen molar-refractivity contribution in [2.24, 2.45) is 5.92 Å². The van der Waals surface area contributed by atoms with Crippen molar-refractivity contribution in [3.63, 3.8) is 0 Å². The minimum atomic E-state index is -0.949. The molecule has 102 valence electrons. The van der Waals surface area contributed by atoms with Crippen molar-refractivity contribution in [1.29, 1.82) is 0 Å². The summed E-state index contributed by atoms with van der Waals surface area (Å²) in [6.07, 6.45) is 2.39. The lowest BCUT2D eigenvalue weighted by molar-refractivity contribution is 0.0697. The molecule has 5 nitrogen and oxygen atoms in total. The fraction of sp³-hybridized carbons (Fsp3) is 0.429. The Hall–Kier alpha value is -2.04. The first-order valence-electron chi connectivity index (χ1n) is 6.43. The molecular formula is C14H18N2O3.